The molecule has 0 aliphatic rings. The van der Waals surface area contributed by atoms with E-state index < -0.39 is 30.0 Å². The van der Waals surface area contributed by atoms with Crippen molar-refractivity contribution in [2.75, 3.05) is 79.0 Å². The molecule has 58 heavy (non-hydrogen) atoms. The van der Waals surface area contributed by atoms with Crippen LogP contribution in [0, 0.1) is 0 Å². The zero-order chi connectivity index (χ0) is 43.1. The standard InChI is InChI=1S/C39H71N5O14/c1-2-40-31(38(51)52)15-13-14-20-41-35(47)29-57-27-26-56-24-22-43-36(48)30-58-28-25-55-23-21-42-33(45)19-18-32(39(53)54)44-34(46)16-11-9-7-5-3-4-6-8-10-12-17-37(49)50/h31-32,40H,2-30H2,1H3,(H,41,47)(H,42,45)(H,43,48)(H,44,46)(H,49,50)(H,51,52)(H,53,54)/t31-,32?/m0/s1. The largest absolute Gasteiger partial charge is 0.481 e. The van der Waals surface area contributed by atoms with Gasteiger partial charge in [0.1, 0.15) is 25.3 Å². The van der Waals surface area contributed by atoms with Crippen molar-refractivity contribution in [3.63, 3.8) is 0 Å². The van der Waals surface area contributed by atoms with Gasteiger partial charge in [0.2, 0.25) is 23.6 Å². The van der Waals surface area contributed by atoms with Gasteiger partial charge in [-0.25, -0.2) is 4.79 Å². The highest BCUT2D eigenvalue weighted by Crippen LogP contribution is 2.12. The normalized spacial score (nSPS) is 12.0. The van der Waals surface area contributed by atoms with E-state index in [9.17, 15) is 38.7 Å². The summed E-state index contributed by atoms with van der Waals surface area (Å²) in [5.74, 6) is -4.15. The van der Waals surface area contributed by atoms with Gasteiger partial charge in [-0.2, -0.15) is 0 Å². The second-order valence-corrected chi connectivity index (χ2v) is 13.8. The molecule has 1 unspecified atom stereocenters. The van der Waals surface area contributed by atoms with Crippen molar-refractivity contribution in [3.8, 4) is 0 Å². The topological polar surface area (TPSA) is 277 Å². The predicted octanol–water partition coefficient (Wildman–Crippen LogP) is 1.75. The molecule has 0 spiro atoms. The second kappa shape index (κ2) is 38.6. The molecule has 0 aliphatic heterocycles. The number of aliphatic carboxylic acids is 3. The SMILES string of the molecule is CCN[C@@H](CCCCNC(=O)COCCOCCNC(=O)COCCOCCNC(=O)CCC(NC(=O)CCCCCCCCCCCCC(=O)O)C(=O)O)C(=O)O. The average molecular weight is 834 g/mol. The molecule has 19 heteroatoms. The van der Waals surface area contributed by atoms with Crippen LogP contribution in [-0.4, -0.2) is 148 Å². The number of hydrogen-bond acceptors (Lipinski definition) is 12. The first-order valence-corrected chi connectivity index (χ1v) is 20.8. The fraction of sp³-hybridized carbons (Fsp3) is 0.821. The molecule has 0 bridgehead atoms. The van der Waals surface area contributed by atoms with E-state index in [0.29, 0.717) is 38.8 Å². The molecule has 0 aromatic rings. The Hall–Kier alpha value is -3.91. The Morgan fingerprint density at radius 2 is 0.914 bits per heavy atom. The Kier molecular flexibility index (Phi) is 36.0. The van der Waals surface area contributed by atoms with Crippen LogP contribution in [-0.2, 0) is 52.5 Å². The summed E-state index contributed by atoms with van der Waals surface area (Å²) in [7, 11) is 0. The van der Waals surface area contributed by atoms with E-state index in [-0.39, 0.29) is 115 Å². The third kappa shape index (κ3) is 36.4. The molecular weight excluding hydrogens is 762 g/mol. The number of unbranched alkanes of at least 4 members (excludes halogenated alkanes) is 10. The van der Waals surface area contributed by atoms with Crippen molar-refractivity contribution < 1.29 is 67.8 Å². The van der Waals surface area contributed by atoms with Gasteiger partial charge in [-0.1, -0.05) is 58.3 Å². The van der Waals surface area contributed by atoms with Crippen LogP contribution in [0.4, 0.5) is 0 Å². The summed E-state index contributed by atoms with van der Waals surface area (Å²) in [6.45, 7) is 4.26. The smallest absolute Gasteiger partial charge is 0.326 e. The maximum Gasteiger partial charge on any atom is 0.326 e. The molecule has 0 saturated heterocycles. The van der Waals surface area contributed by atoms with Crippen molar-refractivity contribution in [1.29, 1.82) is 0 Å². The highest BCUT2D eigenvalue weighted by atomic mass is 16.5. The molecule has 0 fully saturated rings. The number of carbonyl (C=O) groups is 7. The number of rotatable bonds is 42. The van der Waals surface area contributed by atoms with Gasteiger partial charge in [0.05, 0.1) is 39.6 Å². The summed E-state index contributed by atoms with van der Waals surface area (Å²) in [6, 6.07) is -1.74. The average Bonchev–Trinajstić information content (AvgIpc) is 3.17. The lowest BCUT2D eigenvalue weighted by Gasteiger charge is -2.14. The van der Waals surface area contributed by atoms with Crippen LogP contribution >= 0.6 is 0 Å². The Bertz CT molecular complexity index is 1150. The van der Waals surface area contributed by atoms with E-state index in [2.05, 4.69) is 26.6 Å². The molecule has 2 atom stereocenters. The Labute approximate surface area is 342 Å². The van der Waals surface area contributed by atoms with Gasteiger partial charge in [-0.15, -0.1) is 0 Å². The summed E-state index contributed by atoms with van der Waals surface area (Å²) in [6.07, 6.45) is 11.8. The highest BCUT2D eigenvalue weighted by Gasteiger charge is 2.21. The van der Waals surface area contributed by atoms with Crippen molar-refractivity contribution in [3.05, 3.63) is 0 Å². The molecule has 0 aliphatic carbocycles. The summed E-state index contributed by atoms with van der Waals surface area (Å²) < 4.78 is 21.3. The van der Waals surface area contributed by atoms with Gasteiger partial charge >= 0.3 is 17.9 Å². The monoisotopic (exact) mass is 833 g/mol. The number of nitrogens with one attached hydrogen (secondary N) is 5. The fourth-order valence-electron chi connectivity index (χ4n) is 5.52. The maximum atomic E-state index is 12.3. The van der Waals surface area contributed by atoms with Gasteiger partial charge in [0.15, 0.2) is 0 Å². The lowest BCUT2D eigenvalue weighted by molar-refractivity contribution is -0.142. The molecule has 0 rings (SSSR count). The predicted molar refractivity (Wildman–Crippen MR) is 213 cm³/mol. The van der Waals surface area contributed by atoms with Crippen LogP contribution in [0.1, 0.15) is 116 Å². The van der Waals surface area contributed by atoms with Crippen LogP contribution in [0.15, 0.2) is 0 Å². The van der Waals surface area contributed by atoms with E-state index in [1.807, 2.05) is 6.92 Å². The van der Waals surface area contributed by atoms with Gasteiger partial charge in [0.25, 0.3) is 0 Å². The number of likely N-dealkylation sites (N-methyl/N-ethyl adjacent to an activating group) is 1. The maximum absolute atomic E-state index is 12.3. The molecular formula is C39H71N5O14. The lowest BCUT2D eigenvalue weighted by atomic mass is 10.0. The van der Waals surface area contributed by atoms with Crippen molar-refractivity contribution in [2.45, 2.75) is 128 Å². The summed E-state index contributed by atoms with van der Waals surface area (Å²) in [4.78, 5) is 81.3. The molecule has 0 saturated carbocycles. The van der Waals surface area contributed by atoms with E-state index in [1.54, 1.807) is 0 Å². The number of hydrogen-bond donors (Lipinski definition) is 8. The first-order valence-electron chi connectivity index (χ1n) is 20.8. The number of carboxylic acid groups (broad SMARTS) is 3. The third-order valence-electron chi connectivity index (χ3n) is 8.68. The van der Waals surface area contributed by atoms with E-state index in [0.717, 1.165) is 57.8 Å². The molecule has 0 heterocycles. The van der Waals surface area contributed by atoms with Gasteiger partial charge < -0.3 is 60.9 Å². The first kappa shape index (κ1) is 54.1. The molecule has 0 aromatic carbocycles. The Balaban J connectivity index is 3.68. The quantitative estimate of drug-likeness (QED) is 0.0407. The summed E-state index contributed by atoms with van der Waals surface area (Å²) in [5, 5.41) is 40.6. The van der Waals surface area contributed by atoms with Crippen molar-refractivity contribution in [2.24, 2.45) is 0 Å². The van der Waals surface area contributed by atoms with Gasteiger partial charge in [-0.3, -0.25) is 28.8 Å². The molecule has 8 N–H and O–H groups in total. The van der Waals surface area contributed by atoms with Crippen LogP contribution in [0.3, 0.4) is 0 Å². The lowest BCUT2D eigenvalue weighted by Crippen LogP contribution is -2.41. The first-order chi connectivity index (χ1) is 28.0. The minimum absolute atomic E-state index is 0.0409. The van der Waals surface area contributed by atoms with Crippen LogP contribution in [0.25, 0.3) is 0 Å². The number of amides is 4. The third-order valence-corrected chi connectivity index (χ3v) is 8.68. The van der Waals surface area contributed by atoms with Crippen molar-refractivity contribution in [1.82, 2.24) is 26.6 Å². The zero-order valence-corrected chi connectivity index (χ0v) is 34.5. The van der Waals surface area contributed by atoms with Crippen LogP contribution < -0.4 is 26.6 Å². The molecule has 0 aromatic heterocycles. The number of carboxylic acids is 3. The van der Waals surface area contributed by atoms with Crippen molar-refractivity contribution >= 4 is 41.5 Å². The summed E-state index contributed by atoms with van der Waals surface area (Å²) >= 11 is 0. The molecule has 0 radical (unpaired) electrons. The zero-order valence-electron chi connectivity index (χ0n) is 34.5. The Morgan fingerprint density at radius 3 is 1.41 bits per heavy atom. The number of ether oxygens (including phenoxy) is 4. The van der Waals surface area contributed by atoms with E-state index in [4.69, 9.17) is 29.2 Å². The fourth-order valence-corrected chi connectivity index (χ4v) is 5.52. The van der Waals surface area contributed by atoms with Gasteiger partial charge in [-0.05, 0) is 45.1 Å². The highest BCUT2D eigenvalue weighted by molar-refractivity contribution is 5.84. The molecule has 4 amide bonds. The van der Waals surface area contributed by atoms with E-state index in [1.165, 1.54) is 0 Å². The minimum Gasteiger partial charge on any atom is -0.481 e. The second-order valence-electron chi connectivity index (χ2n) is 13.8. The van der Waals surface area contributed by atoms with E-state index >= 15 is 0 Å². The van der Waals surface area contributed by atoms with Gasteiger partial charge in [0, 0.05) is 38.9 Å². The van der Waals surface area contributed by atoms with Crippen LogP contribution in [0.2, 0.25) is 0 Å². The molecule has 336 valence electrons. The molecule has 19 nitrogen and oxygen atoms in total. The summed E-state index contributed by atoms with van der Waals surface area (Å²) in [5.41, 5.74) is 0. The minimum atomic E-state index is -1.20. The number of carbonyl (C=O) groups excluding carboxylic acids is 4. The van der Waals surface area contributed by atoms with Crippen LogP contribution in [0.5, 0.6) is 0 Å². The Morgan fingerprint density at radius 1 is 0.448 bits per heavy atom.